The van der Waals surface area contributed by atoms with Gasteiger partial charge in [0.2, 0.25) is 0 Å². The van der Waals surface area contributed by atoms with E-state index in [0.717, 1.165) is 22.6 Å². The molecule has 0 aliphatic heterocycles. The highest BCUT2D eigenvalue weighted by Crippen LogP contribution is 2.29. The molecule has 130 valence electrons. The predicted molar refractivity (Wildman–Crippen MR) is 105 cm³/mol. The van der Waals surface area contributed by atoms with Gasteiger partial charge < -0.3 is 4.57 Å². The second-order valence-electron chi connectivity index (χ2n) is 5.91. The van der Waals surface area contributed by atoms with E-state index in [2.05, 4.69) is 6.07 Å². The minimum atomic E-state index is -0.455. The van der Waals surface area contributed by atoms with E-state index >= 15 is 0 Å². The lowest BCUT2D eigenvalue weighted by Crippen LogP contribution is -1.99. The first-order valence-corrected chi connectivity index (χ1v) is 8.69. The first kappa shape index (κ1) is 18.3. The number of benzene rings is 2. The highest BCUT2D eigenvalue weighted by Gasteiger charge is 2.13. The van der Waals surface area contributed by atoms with Crippen LogP contribution in [0, 0.1) is 31.0 Å². The van der Waals surface area contributed by atoms with Gasteiger partial charge in [-0.2, -0.15) is 5.26 Å². The molecule has 0 aliphatic rings. The fraction of sp³-hybridized carbons (Fsp3) is 0.0952. The Morgan fingerprint density at radius 1 is 1.08 bits per heavy atom. The molecule has 2 aromatic carbocycles. The monoisotopic (exact) mass is 384 g/mol. The van der Waals surface area contributed by atoms with Gasteiger partial charge in [0, 0.05) is 27.7 Å². The molecule has 0 aliphatic carbocycles. The first-order valence-electron chi connectivity index (χ1n) is 7.93. The number of allylic oxidation sites excluding steroid dienone is 1. The summed E-state index contributed by atoms with van der Waals surface area (Å²) in [5, 5.41) is 10.2. The van der Waals surface area contributed by atoms with Crippen molar-refractivity contribution in [3.05, 3.63) is 86.9 Å². The second-order valence-corrected chi connectivity index (χ2v) is 6.72. The van der Waals surface area contributed by atoms with E-state index in [1.807, 2.05) is 48.8 Å². The fourth-order valence-corrected chi connectivity index (χ4v) is 3.37. The summed E-state index contributed by atoms with van der Waals surface area (Å²) in [6, 6.07) is 16.0. The Morgan fingerprint density at radius 2 is 1.81 bits per heavy atom. The van der Waals surface area contributed by atoms with Crippen molar-refractivity contribution < 1.29 is 4.39 Å². The highest BCUT2D eigenvalue weighted by atomic mass is 35.5. The topological polar surface area (TPSA) is 28.7 Å². The van der Waals surface area contributed by atoms with Crippen LogP contribution in [0.4, 0.5) is 4.39 Å². The van der Waals surface area contributed by atoms with Crippen LogP contribution in [0.25, 0.3) is 17.3 Å². The molecule has 5 heteroatoms. The number of hydrogen-bond donors (Lipinski definition) is 0. The van der Waals surface area contributed by atoms with Crippen molar-refractivity contribution in [2.24, 2.45) is 0 Å². The lowest BCUT2D eigenvalue weighted by atomic mass is 10.0. The Hall–Kier alpha value is -2.54. The Kier molecular flexibility index (Phi) is 5.18. The van der Waals surface area contributed by atoms with Crippen LogP contribution in [-0.4, -0.2) is 4.57 Å². The number of rotatable bonds is 3. The number of hydrogen-bond acceptors (Lipinski definition) is 1. The van der Waals surface area contributed by atoms with Crippen LogP contribution >= 0.6 is 23.2 Å². The van der Waals surface area contributed by atoms with E-state index in [4.69, 9.17) is 23.2 Å². The SMILES string of the molecule is Cc1cc(C=C(C#N)c2ccccc2Cl)c(C)n1-c1ccc(F)c(Cl)c1. The summed E-state index contributed by atoms with van der Waals surface area (Å²) in [5.74, 6) is -0.455. The molecule has 0 radical (unpaired) electrons. The third-order valence-electron chi connectivity index (χ3n) is 4.22. The Labute approximate surface area is 161 Å². The van der Waals surface area contributed by atoms with E-state index in [9.17, 15) is 9.65 Å². The van der Waals surface area contributed by atoms with Crippen LogP contribution in [0.3, 0.4) is 0 Å². The van der Waals surface area contributed by atoms with E-state index in [0.29, 0.717) is 16.2 Å². The van der Waals surface area contributed by atoms with Crippen molar-refractivity contribution in [1.82, 2.24) is 4.57 Å². The van der Waals surface area contributed by atoms with Gasteiger partial charge in [-0.3, -0.25) is 0 Å². The number of nitrogens with zero attached hydrogens (tertiary/aromatic N) is 2. The third-order valence-corrected chi connectivity index (χ3v) is 4.84. The summed E-state index contributed by atoms with van der Waals surface area (Å²) in [7, 11) is 0. The lowest BCUT2D eigenvalue weighted by Gasteiger charge is -2.10. The minimum absolute atomic E-state index is 0.0703. The number of nitriles is 1. The summed E-state index contributed by atoms with van der Waals surface area (Å²) in [6.45, 7) is 3.89. The van der Waals surface area contributed by atoms with Crippen LogP contribution in [0.15, 0.2) is 48.5 Å². The van der Waals surface area contributed by atoms with Gasteiger partial charge in [-0.05, 0) is 55.8 Å². The standard InChI is InChI=1S/C21H15Cl2FN2/c1-13-9-15(10-16(12-25)18-5-3-4-6-19(18)22)14(2)26(13)17-7-8-21(24)20(23)11-17/h3-11H,1-2H3. The average Bonchev–Trinajstić information content (AvgIpc) is 2.89. The van der Waals surface area contributed by atoms with E-state index < -0.39 is 5.82 Å². The molecule has 0 unspecified atom stereocenters. The molecule has 0 N–H and O–H groups in total. The lowest BCUT2D eigenvalue weighted by molar-refractivity contribution is 0.627. The van der Waals surface area contributed by atoms with Gasteiger partial charge in [0.15, 0.2) is 0 Å². The van der Waals surface area contributed by atoms with Crippen molar-refractivity contribution in [3.8, 4) is 11.8 Å². The van der Waals surface area contributed by atoms with Crippen LogP contribution < -0.4 is 0 Å². The molecular weight excluding hydrogens is 370 g/mol. The van der Waals surface area contributed by atoms with E-state index in [1.54, 1.807) is 18.2 Å². The summed E-state index contributed by atoms with van der Waals surface area (Å²) in [6.07, 6.45) is 1.81. The number of aromatic nitrogens is 1. The summed E-state index contributed by atoms with van der Waals surface area (Å²) in [4.78, 5) is 0. The first-order chi connectivity index (χ1) is 12.4. The van der Waals surface area contributed by atoms with Crippen molar-refractivity contribution in [2.75, 3.05) is 0 Å². The van der Waals surface area contributed by atoms with Gasteiger partial charge >= 0.3 is 0 Å². The maximum atomic E-state index is 13.5. The smallest absolute Gasteiger partial charge is 0.141 e. The predicted octanol–water partition coefficient (Wildman–Crippen LogP) is 6.60. The van der Waals surface area contributed by atoms with Crippen molar-refractivity contribution in [3.63, 3.8) is 0 Å². The van der Waals surface area contributed by atoms with Gasteiger partial charge in [0.1, 0.15) is 5.82 Å². The second kappa shape index (κ2) is 7.37. The molecule has 3 aromatic rings. The van der Waals surface area contributed by atoms with Crippen molar-refractivity contribution >= 4 is 34.9 Å². The molecule has 0 saturated heterocycles. The zero-order valence-electron chi connectivity index (χ0n) is 14.2. The maximum Gasteiger partial charge on any atom is 0.141 e. The molecule has 0 fully saturated rings. The molecule has 1 heterocycles. The quantitative estimate of drug-likeness (QED) is 0.467. The molecule has 0 saturated carbocycles. The van der Waals surface area contributed by atoms with E-state index in [1.165, 1.54) is 6.07 Å². The Morgan fingerprint density at radius 3 is 2.46 bits per heavy atom. The van der Waals surface area contributed by atoms with Crippen LogP contribution in [0.2, 0.25) is 10.0 Å². The van der Waals surface area contributed by atoms with Gasteiger partial charge in [0.05, 0.1) is 16.7 Å². The van der Waals surface area contributed by atoms with Gasteiger partial charge in [-0.25, -0.2) is 4.39 Å². The molecule has 0 bridgehead atoms. The fourth-order valence-electron chi connectivity index (χ4n) is 2.96. The Bertz CT molecular complexity index is 1060. The van der Waals surface area contributed by atoms with Crippen molar-refractivity contribution in [1.29, 1.82) is 5.26 Å². The highest BCUT2D eigenvalue weighted by molar-refractivity contribution is 6.32. The van der Waals surface area contributed by atoms with Crippen molar-refractivity contribution in [2.45, 2.75) is 13.8 Å². The Balaban J connectivity index is 2.12. The van der Waals surface area contributed by atoms with Crippen LogP contribution in [0.1, 0.15) is 22.5 Å². The zero-order valence-corrected chi connectivity index (χ0v) is 15.7. The molecule has 3 rings (SSSR count). The molecular formula is C21H15Cl2FN2. The maximum absolute atomic E-state index is 13.5. The van der Waals surface area contributed by atoms with Gasteiger partial charge in [-0.15, -0.1) is 0 Å². The molecule has 0 amide bonds. The molecule has 2 nitrogen and oxygen atoms in total. The summed E-state index contributed by atoms with van der Waals surface area (Å²) in [5.41, 5.74) is 4.69. The molecule has 26 heavy (non-hydrogen) atoms. The largest absolute Gasteiger partial charge is 0.318 e. The number of halogens is 3. The molecule has 1 aromatic heterocycles. The zero-order chi connectivity index (χ0) is 18.8. The van der Waals surface area contributed by atoms with Crippen LogP contribution in [0.5, 0.6) is 0 Å². The van der Waals surface area contributed by atoms with Gasteiger partial charge in [-0.1, -0.05) is 41.4 Å². The van der Waals surface area contributed by atoms with Crippen LogP contribution in [-0.2, 0) is 0 Å². The molecule has 0 spiro atoms. The normalized spacial score (nSPS) is 11.5. The summed E-state index contributed by atoms with van der Waals surface area (Å²) >= 11 is 12.1. The third kappa shape index (κ3) is 3.39. The van der Waals surface area contributed by atoms with Gasteiger partial charge in [0.25, 0.3) is 0 Å². The summed E-state index contributed by atoms with van der Waals surface area (Å²) < 4.78 is 15.4. The molecule has 0 atom stereocenters. The average molecular weight is 385 g/mol. The minimum Gasteiger partial charge on any atom is -0.318 e. The van der Waals surface area contributed by atoms with E-state index in [-0.39, 0.29) is 5.02 Å². The number of aryl methyl sites for hydroxylation is 1.